The fraction of sp³-hybridized carbons (Fsp3) is 0.0625. The maximum Gasteiger partial charge on any atom is 0.260 e. The summed E-state index contributed by atoms with van der Waals surface area (Å²) < 4.78 is 0.921. The number of carbonyl (C=O) groups excluding carboxylic acids is 2. The molecular formula is C16H13IN4O3. The molecule has 0 radical (unpaired) electrons. The van der Waals surface area contributed by atoms with Crippen LogP contribution >= 0.6 is 22.6 Å². The summed E-state index contributed by atoms with van der Waals surface area (Å²) in [6, 6.07) is 6.72. The van der Waals surface area contributed by atoms with Gasteiger partial charge >= 0.3 is 0 Å². The molecule has 0 saturated heterocycles. The lowest BCUT2D eigenvalue weighted by atomic mass is 9.96. The van der Waals surface area contributed by atoms with E-state index in [0.717, 1.165) is 3.57 Å². The molecule has 0 atom stereocenters. The molecule has 1 aliphatic heterocycles. The lowest BCUT2D eigenvalue weighted by Gasteiger charge is -2.18. The highest BCUT2D eigenvalue weighted by molar-refractivity contribution is 14.1. The number of nitrogens with two attached hydrogens (primary N) is 1. The van der Waals surface area contributed by atoms with Crippen LogP contribution in [0.5, 0.6) is 5.75 Å². The third kappa shape index (κ3) is 3.18. The van der Waals surface area contributed by atoms with Crippen molar-refractivity contribution in [2.75, 3.05) is 5.73 Å². The molecule has 8 heteroatoms. The Bertz CT molecular complexity index is 880. The van der Waals surface area contributed by atoms with Gasteiger partial charge in [0.1, 0.15) is 5.75 Å². The van der Waals surface area contributed by atoms with Crippen LogP contribution in [0.3, 0.4) is 0 Å². The second kappa shape index (κ2) is 6.48. The zero-order valence-corrected chi connectivity index (χ0v) is 14.5. The number of benzene rings is 1. The lowest BCUT2D eigenvalue weighted by molar-refractivity contribution is -0.114. The number of pyridine rings is 1. The molecule has 3 rings (SSSR count). The van der Waals surface area contributed by atoms with Crippen molar-refractivity contribution < 1.29 is 14.7 Å². The third-order valence-electron chi connectivity index (χ3n) is 3.49. The molecular weight excluding hydrogens is 423 g/mol. The fourth-order valence-electron chi connectivity index (χ4n) is 2.29. The first-order valence-electron chi connectivity index (χ1n) is 6.98. The van der Waals surface area contributed by atoms with Gasteiger partial charge in [0.25, 0.3) is 11.8 Å². The molecule has 0 saturated carbocycles. The van der Waals surface area contributed by atoms with Crippen LogP contribution in [-0.2, 0) is 11.3 Å². The highest BCUT2D eigenvalue weighted by atomic mass is 127. The summed E-state index contributed by atoms with van der Waals surface area (Å²) in [4.78, 5) is 28.1. The van der Waals surface area contributed by atoms with Crippen LogP contribution in [0.15, 0.2) is 36.7 Å². The summed E-state index contributed by atoms with van der Waals surface area (Å²) in [5, 5.41) is 14.9. The predicted octanol–water partition coefficient (Wildman–Crippen LogP) is 1.37. The average molecular weight is 436 g/mol. The van der Waals surface area contributed by atoms with Gasteiger partial charge in [-0.25, -0.2) is 0 Å². The van der Waals surface area contributed by atoms with Gasteiger partial charge < -0.3 is 16.2 Å². The van der Waals surface area contributed by atoms with E-state index >= 15 is 0 Å². The number of aromatic nitrogens is 1. The van der Waals surface area contributed by atoms with Crippen molar-refractivity contribution in [3.05, 3.63) is 57.1 Å². The minimum atomic E-state index is -0.463. The molecule has 1 aromatic carbocycles. The van der Waals surface area contributed by atoms with Crippen molar-refractivity contribution in [3.8, 4) is 5.75 Å². The zero-order chi connectivity index (χ0) is 17.3. The van der Waals surface area contributed by atoms with Gasteiger partial charge in [-0.15, -0.1) is 0 Å². The molecule has 2 amide bonds. The number of hydrogen-bond donors (Lipinski definition) is 4. The van der Waals surface area contributed by atoms with Crippen LogP contribution in [0, 0.1) is 3.57 Å². The maximum absolute atomic E-state index is 12.1. The second-order valence-electron chi connectivity index (χ2n) is 5.15. The summed E-state index contributed by atoms with van der Waals surface area (Å²) >= 11 is 2.12. The third-order valence-corrected chi connectivity index (χ3v) is 4.16. The smallest absolute Gasteiger partial charge is 0.260 e. The molecule has 0 bridgehead atoms. The first-order chi connectivity index (χ1) is 11.5. The van der Waals surface area contributed by atoms with E-state index in [2.05, 4.69) is 38.2 Å². The molecule has 0 spiro atoms. The molecule has 24 heavy (non-hydrogen) atoms. The highest BCUT2D eigenvalue weighted by Gasteiger charge is 2.27. The van der Waals surface area contributed by atoms with Gasteiger partial charge in [-0.05, 0) is 40.8 Å². The van der Waals surface area contributed by atoms with Crippen LogP contribution in [0.25, 0.3) is 5.57 Å². The monoisotopic (exact) mass is 436 g/mol. The number of imide groups is 1. The Morgan fingerprint density at radius 2 is 2.04 bits per heavy atom. The number of carbonyl (C=O) groups is 2. The van der Waals surface area contributed by atoms with Gasteiger partial charge in [-0.3, -0.25) is 19.9 Å². The quantitative estimate of drug-likeness (QED) is 0.328. The molecule has 5 N–H and O–H groups in total. The van der Waals surface area contributed by atoms with Crippen LogP contribution < -0.4 is 16.4 Å². The number of aromatic hydroxyl groups is 1. The molecule has 0 aliphatic carbocycles. The molecule has 1 aromatic heterocycles. The van der Waals surface area contributed by atoms with Gasteiger partial charge in [-0.1, -0.05) is 0 Å². The number of halogens is 1. The van der Waals surface area contributed by atoms with E-state index in [4.69, 9.17) is 5.73 Å². The van der Waals surface area contributed by atoms with Crippen molar-refractivity contribution in [3.63, 3.8) is 0 Å². The van der Waals surface area contributed by atoms with Crippen LogP contribution in [0.4, 0.5) is 5.69 Å². The number of anilines is 1. The number of amides is 2. The van der Waals surface area contributed by atoms with Gasteiger partial charge in [0.15, 0.2) is 0 Å². The summed E-state index contributed by atoms with van der Waals surface area (Å²) in [6.07, 6.45) is 2.90. The number of hydrogen-bond acceptors (Lipinski definition) is 6. The standard InChI is InChI=1S/C16H13IN4O3/c17-8-1-2-10-11(3-8)12(16(24)21-15(10)23)6-19-5-9-4-14(22)13(18)7-20-9/h1-4,6-7,19H,5,18H2,(H,20,22)(H,21,23,24). The second-order valence-corrected chi connectivity index (χ2v) is 6.39. The summed E-state index contributed by atoms with van der Waals surface area (Å²) in [7, 11) is 0. The Morgan fingerprint density at radius 3 is 2.79 bits per heavy atom. The van der Waals surface area contributed by atoms with Crippen LogP contribution in [-0.4, -0.2) is 21.9 Å². The fourth-order valence-corrected chi connectivity index (χ4v) is 2.78. The Balaban J connectivity index is 1.85. The summed E-state index contributed by atoms with van der Waals surface area (Å²) in [5.41, 5.74) is 7.66. The van der Waals surface area contributed by atoms with Gasteiger partial charge in [0.2, 0.25) is 0 Å². The number of nitrogens with zero attached hydrogens (tertiary/aromatic N) is 1. The molecule has 1 aliphatic rings. The molecule has 7 nitrogen and oxygen atoms in total. The molecule has 122 valence electrons. The first-order valence-corrected chi connectivity index (χ1v) is 8.06. The lowest BCUT2D eigenvalue weighted by Crippen LogP contribution is -2.37. The van der Waals surface area contributed by atoms with Gasteiger partial charge in [-0.2, -0.15) is 0 Å². The van der Waals surface area contributed by atoms with E-state index in [0.29, 0.717) is 22.4 Å². The minimum Gasteiger partial charge on any atom is -0.506 e. The maximum atomic E-state index is 12.1. The number of nitrogen functional groups attached to an aromatic ring is 1. The molecule has 2 heterocycles. The van der Waals surface area contributed by atoms with Crippen molar-refractivity contribution in [2.45, 2.75) is 6.54 Å². The Labute approximate surface area is 151 Å². The number of rotatable bonds is 3. The van der Waals surface area contributed by atoms with Crippen molar-refractivity contribution in [1.29, 1.82) is 0 Å². The Morgan fingerprint density at radius 1 is 1.25 bits per heavy atom. The van der Waals surface area contributed by atoms with E-state index < -0.39 is 11.8 Å². The van der Waals surface area contributed by atoms with E-state index in [9.17, 15) is 14.7 Å². The Kier molecular flexibility index (Phi) is 4.38. The van der Waals surface area contributed by atoms with E-state index in [-0.39, 0.29) is 18.0 Å². The van der Waals surface area contributed by atoms with E-state index in [1.165, 1.54) is 18.5 Å². The van der Waals surface area contributed by atoms with Gasteiger partial charge in [0, 0.05) is 27.0 Å². The first kappa shape index (κ1) is 16.2. The highest BCUT2D eigenvalue weighted by Crippen LogP contribution is 2.25. The summed E-state index contributed by atoms with van der Waals surface area (Å²) in [5.74, 6) is -0.917. The van der Waals surface area contributed by atoms with E-state index in [1.54, 1.807) is 18.2 Å². The topological polar surface area (TPSA) is 117 Å². The van der Waals surface area contributed by atoms with Crippen molar-refractivity contribution in [2.24, 2.45) is 0 Å². The Hall–Kier alpha value is -2.62. The zero-order valence-electron chi connectivity index (χ0n) is 12.3. The molecule has 2 aromatic rings. The van der Waals surface area contributed by atoms with E-state index in [1.807, 2.05) is 0 Å². The summed E-state index contributed by atoms with van der Waals surface area (Å²) in [6.45, 7) is 0.290. The largest absolute Gasteiger partial charge is 0.506 e. The predicted molar refractivity (Wildman–Crippen MR) is 96.8 cm³/mol. The number of fused-ring (bicyclic) bond motifs is 1. The van der Waals surface area contributed by atoms with Crippen molar-refractivity contribution >= 4 is 45.7 Å². The van der Waals surface area contributed by atoms with Crippen molar-refractivity contribution in [1.82, 2.24) is 15.6 Å². The minimum absolute atomic E-state index is 0.0460. The van der Waals surface area contributed by atoms with Gasteiger partial charge in [0.05, 0.1) is 29.7 Å². The SMILES string of the molecule is Nc1cnc(CNC=C2C(=O)NC(=O)c3ccc(I)cc32)cc1O. The van der Waals surface area contributed by atoms with Crippen LogP contribution in [0.1, 0.15) is 21.6 Å². The normalized spacial score (nSPS) is 15.1. The molecule has 0 unspecified atom stereocenters. The van der Waals surface area contributed by atoms with Crippen LogP contribution in [0.2, 0.25) is 0 Å². The average Bonchev–Trinajstić information content (AvgIpc) is 2.53. The number of nitrogens with one attached hydrogen (secondary N) is 2. The molecule has 0 fully saturated rings.